The third kappa shape index (κ3) is 7.63. The highest BCUT2D eigenvalue weighted by atomic mass is 14.8. The molecule has 6 aromatic carbocycles. The van der Waals surface area contributed by atoms with Crippen LogP contribution in [0.1, 0.15) is 32.7 Å². The van der Waals surface area contributed by atoms with Gasteiger partial charge in [-0.3, -0.25) is 19.9 Å². The normalized spacial score (nSPS) is 10.7. The van der Waals surface area contributed by atoms with E-state index in [2.05, 4.69) is 169 Å². The molecule has 4 heteroatoms. The van der Waals surface area contributed by atoms with Gasteiger partial charge in [0, 0.05) is 45.3 Å². The number of aromatic nitrogens is 4. The smallest absolute Gasteiger partial charge is 0.0974 e. The number of fused-ring (bicyclic) bond motifs is 6. The summed E-state index contributed by atoms with van der Waals surface area (Å²) in [6.45, 7) is 8.11. The molecule has 0 unspecified atom stereocenters. The van der Waals surface area contributed by atoms with E-state index in [0.717, 1.165) is 55.0 Å². The number of pyridine rings is 4. The second kappa shape index (κ2) is 17.2. The summed E-state index contributed by atoms with van der Waals surface area (Å²) in [6, 6.07) is 59.1. The lowest BCUT2D eigenvalue weighted by Crippen LogP contribution is -1.94. The Balaban J connectivity index is 0.000000165. The monoisotopic (exact) mass is 738 g/mol. The molecular weight excluding hydrogens is 693 g/mol. The van der Waals surface area contributed by atoms with E-state index in [1.807, 2.05) is 50.5 Å². The highest BCUT2D eigenvalue weighted by molar-refractivity contribution is 6.13. The van der Waals surface area contributed by atoms with Crippen LogP contribution in [0.25, 0.3) is 88.1 Å². The summed E-state index contributed by atoms with van der Waals surface area (Å²) in [7, 11) is 0. The minimum absolute atomic E-state index is 0. The molecular formula is C53H46N4. The Kier molecular flexibility index (Phi) is 11.5. The maximum absolute atomic E-state index is 4.90. The maximum Gasteiger partial charge on any atom is 0.0974 e. The third-order valence-electron chi connectivity index (χ3n) is 9.97. The Labute approximate surface area is 335 Å². The van der Waals surface area contributed by atoms with Crippen LogP contribution in [-0.2, 0) is 0 Å². The van der Waals surface area contributed by atoms with Crippen LogP contribution in [0.2, 0.25) is 0 Å². The van der Waals surface area contributed by atoms with Crippen molar-refractivity contribution >= 4 is 43.6 Å². The van der Waals surface area contributed by atoms with Crippen molar-refractivity contribution in [2.45, 2.75) is 35.1 Å². The fourth-order valence-corrected chi connectivity index (χ4v) is 7.51. The van der Waals surface area contributed by atoms with E-state index in [9.17, 15) is 0 Å². The van der Waals surface area contributed by atoms with E-state index in [1.165, 1.54) is 44.5 Å². The van der Waals surface area contributed by atoms with E-state index in [4.69, 9.17) is 9.97 Å². The first-order valence-corrected chi connectivity index (χ1v) is 19.2. The molecule has 0 spiro atoms. The molecule has 57 heavy (non-hydrogen) atoms. The van der Waals surface area contributed by atoms with Crippen molar-refractivity contribution in [2.24, 2.45) is 0 Å². The highest BCUT2D eigenvalue weighted by Gasteiger charge is 2.15. The third-order valence-corrected chi connectivity index (χ3v) is 9.97. The van der Waals surface area contributed by atoms with E-state index in [1.54, 1.807) is 0 Å². The molecule has 278 valence electrons. The highest BCUT2D eigenvalue weighted by Crippen LogP contribution is 2.37. The first kappa shape index (κ1) is 38.2. The second-order valence-electron chi connectivity index (χ2n) is 13.5. The van der Waals surface area contributed by atoms with Crippen molar-refractivity contribution in [1.29, 1.82) is 0 Å². The lowest BCUT2D eigenvalue weighted by Gasteiger charge is -2.13. The van der Waals surface area contributed by atoms with Crippen LogP contribution in [0.5, 0.6) is 0 Å². The van der Waals surface area contributed by atoms with Crippen molar-refractivity contribution in [3.8, 4) is 44.5 Å². The van der Waals surface area contributed by atoms with E-state index in [0.29, 0.717) is 0 Å². The predicted molar refractivity (Wildman–Crippen MR) is 243 cm³/mol. The number of aryl methyl sites for hydroxylation is 2. The SMILES string of the molecule is C.CC.Cc1cc(-c2ccccc2)c2ccc3c(-c4ccccc4)cc(C)nc3c2n1.c1ccc(-c2ccnc3c2ccc2c(-c4ccccc4)ccnc23)cc1. The molecule has 0 fully saturated rings. The van der Waals surface area contributed by atoms with Crippen LogP contribution < -0.4 is 0 Å². The molecule has 4 aromatic heterocycles. The lowest BCUT2D eigenvalue weighted by atomic mass is 9.95. The van der Waals surface area contributed by atoms with Gasteiger partial charge >= 0.3 is 0 Å². The van der Waals surface area contributed by atoms with Gasteiger partial charge in [-0.25, -0.2) is 0 Å². The summed E-state index contributed by atoms with van der Waals surface area (Å²) in [5.41, 5.74) is 15.4. The molecule has 0 amide bonds. The summed E-state index contributed by atoms with van der Waals surface area (Å²) in [4.78, 5) is 19.1. The van der Waals surface area contributed by atoms with Gasteiger partial charge in [0.05, 0.1) is 22.1 Å². The topological polar surface area (TPSA) is 51.6 Å². The molecule has 10 rings (SSSR count). The van der Waals surface area contributed by atoms with Crippen molar-refractivity contribution in [1.82, 2.24) is 19.9 Å². The van der Waals surface area contributed by atoms with E-state index < -0.39 is 0 Å². The predicted octanol–water partition coefficient (Wildman–Crippen LogP) is 14.5. The molecule has 0 saturated heterocycles. The number of hydrogen-bond donors (Lipinski definition) is 0. The Bertz CT molecular complexity index is 2720. The molecule has 0 aliphatic carbocycles. The van der Waals surface area contributed by atoms with Crippen molar-refractivity contribution < 1.29 is 0 Å². The molecule has 0 atom stereocenters. The van der Waals surface area contributed by atoms with Gasteiger partial charge < -0.3 is 0 Å². The summed E-state index contributed by atoms with van der Waals surface area (Å²) in [6.07, 6.45) is 3.75. The van der Waals surface area contributed by atoms with E-state index in [-0.39, 0.29) is 7.43 Å². The van der Waals surface area contributed by atoms with Crippen LogP contribution in [-0.4, -0.2) is 19.9 Å². The zero-order valence-electron chi connectivity index (χ0n) is 32.1. The first-order valence-electron chi connectivity index (χ1n) is 19.2. The molecule has 0 radical (unpaired) electrons. The van der Waals surface area contributed by atoms with Crippen LogP contribution in [0, 0.1) is 13.8 Å². The largest absolute Gasteiger partial charge is 0.254 e. The lowest BCUT2D eigenvalue weighted by molar-refractivity contribution is 1.23. The van der Waals surface area contributed by atoms with Crippen LogP contribution >= 0.6 is 0 Å². The van der Waals surface area contributed by atoms with Crippen LogP contribution in [0.4, 0.5) is 0 Å². The molecule has 4 nitrogen and oxygen atoms in total. The van der Waals surface area contributed by atoms with Gasteiger partial charge in [0.1, 0.15) is 0 Å². The Morgan fingerprint density at radius 1 is 0.316 bits per heavy atom. The Morgan fingerprint density at radius 3 is 0.912 bits per heavy atom. The van der Waals surface area contributed by atoms with Gasteiger partial charge in [0.2, 0.25) is 0 Å². The summed E-state index contributed by atoms with van der Waals surface area (Å²) < 4.78 is 0. The second-order valence-corrected chi connectivity index (χ2v) is 13.5. The number of benzene rings is 6. The van der Waals surface area contributed by atoms with Gasteiger partial charge in [-0.1, -0.05) is 167 Å². The zero-order chi connectivity index (χ0) is 38.4. The fourth-order valence-electron chi connectivity index (χ4n) is 7.51. The maximum atomic E-state index is 4.90. The van der Waals surface area contributed by atoms with Crippen LogP contribution in [0.15, 0.2) is 182 Å². The van der Waals surface area contributed by atoms with E-state index >= 15 is 0 Å². The van der Waals surface area contributed by atoms with Gasteiger partial charge in [-0.05, 0) is 82.6 Å². The Hall–Kier alpha value is -7.04. The number of hydrogen-bond acceptors (Lipinski definition) is 4. The van der Waals surface area contributed by atoms with Gasteiger partial charge in [-0.15, -0.1) is 0 Å². The first-order chi connectivity index (χ1) is 27.6. The molecule has 0 bridgehead atoms. The quantitative estimate of drug-likeness (QED) is 0.169. The standard InChI is InChI=1S/C26H20N2.C24H16N2.C2H6.CH4/c1-17-15-23(19-9-5-3-6-10-19)21-13-14-22-24(20-11-7-4-8-12-20)16-18(2)28-26(22)25(21)27-17;1-3-7-17(8-4-1)19-13-15-25-23-21(19)11-12-22-20(14-16-26-24(22)23)18-9-5-2-6-10-18;1-2;/h3-16H,1-2H3;1-16H;1-2H3;1H4. The minimum Gasteiger partial charge on any atom is -0.254 e. The number of nitrogens with zero attached hydrogens (tertiary/aromatic N) is 4. The zero-order valence-corrected chi connectivity index (χ0v) is 32.1. The minimum atomic E-state index is 0. The van der Waals surface area contributed by atoms with Gasteiger partial charge in [0.15, 0.2) is 0 Å². The van der Waals surface area contributed by atoms with Crippen molar-refractivity contribution in [3.63, 3.8) is 0 Å². The number of rotatable bonds is 4. The van der Waals surface area contributed by atoms with Crippen molar-refractivity contribution in [2.75, 3.05) is 0 Å². The average Bonchev–Trinajstić information content (AvgIpc) is 3.27. The van der Waals surface area contributed by atoms with Gasteiger partial charge in [-0.2, -0.15) is 0 Å². The average molecular weight is 739 g/mol. The molecule has 0 aliphatic heterocycles. The molecule has 0 saturated carbocycles. The summed E-state index contributed by atoms with van der Waals surface area (Å²) >= 11 is 0. The Morgan fingerprint density at radius 2 is 0.596 bits per heavy atom. The summed E-state index contributed by atoms with van der Waals surface area (Å²) in [5, 5.41) is 4.54. The van der Waals surface area contributed by atoms with Gasteiger partial charge in [0.25, 0.3) is 0 Å². The van der Waals surface area contributed by atoms with Crippen LogP contribution in [0.3, 0.4) is 0 Å². The molecule has 0 aliphatic rings. The van der Waals surface area contributed by atoms with Crippen molar-refractivity contribution in [3.05, 3.63) is 194 Å². The summed E-state index contributed by atoms with van der Waals surface area (Å²) in [5.74, 6) is 0. The molecule has 4 heterocycles. The molecule has 10 aromatic rings. The fraction of sp³-hybridized carbons (Fsp3) is 0.0943. The molecule has 0 N–H and O–H groups in total.